The van der Waals surface area contributed by atoms with Crippen molar-refractivity contribution in [3.63, 3.8) is 0 Å². The first-order valence-electron chi connectivity index (χ1n) is 8.24. The molecular formula is C19H19N5O2S. The van der Waals surface area contributed by atoms with Crippen LogP contribution in [-0.2, 0) is 4.79 Å². The molecular weight excluding hydrogens is 362 g/mol. The molecule has 3 rings (SSSR count). The number of hydrogen-bond acceptors (Lipinski definition) is 5. The van der Waals surface area contributed by atoms with Gasteiger partial charge in [0.25, 0.3) is 5.91 Å². The number of aromatic nitrogens is 3. The van der Waals surface area contributed by atoms with Crippen LogP contribution < -0.4 is 5.32 Å². The lowest BCUT2D eigenvalue weighted by atomic mass is 10.3. The first kappa shape index (κ1) is 18.7. The standard InChI is InChI=1S/C19H19N5O2S/c1-23(13-18(25)21-15-10-6-7-11-17(15)27-2)19(26)16-12-20-24(22-16)14-8-4-3-5-9-14/h3-12H,13H2,1-2H3,(H,21,25). The maximum atomic E-state index is 12.5. The molecule has 8 heteroatoms. The minimum atomic E-state index is -0.370. The quantitative estimate of drug-likeness (QED) is 0.664. The maximum Gasteiger partial charge on any atom is 0.276 e. The van der Waals surface area contributed by atoms with E-state index in [1.165, 1.54) is 15.9 Å². The highest BCUT2D eigenvalue weighted by Crippen LogP contribution is 2.24. The number of carbonyl (C=O) groups is 2. The SMILES string of the molecule is CSc1ccccc1NC(=O)CN(C)C(=O)c1cnn(-c2ccccc2)n1. The zero-order valence-corrected chi connectivity index (χ0v) is 15.8. The van der Waals surface area contributed by atoms with Gasteiger partial charge in [0.05, 0.1) is 24.1 Å². The van der Waals surface area contributed by atoms with Gasteiger partial charge in [0.15, 0.2) is 5.69 Å². The van der Waals surface area contributed by atoms with E-state index in [1.54, 1.807) is 18.8 Å². The van der Waals surface area contributed by atoms with Crippen LogP contribution >= 0.6 is 11.8 Å². The number of amides is 2. The van der Waals surface area contributed by atoms with Crippen LogP contribution in [0.15, 0.2) is 65.7 Å². The van der Waals surface area contributed by atoms with Crippen molar-refractivity contribution in [2.45, 2.75) is 4.90 Å². The molecule has 138 valence electrons. The first-order chi connectivity index (χ1) is 13.1. The van der Waals surface area contributed by atoms with Crippen molar-refractivity contribution >= 4 is 29.3 Å². The van der Waals surface area contributed by atoms with Crippen molar-refractivity contribution in [2.75, 3.05) is 25.2 Å². The smallest absolute Gasteiger partial charge is 0.276 e. The minimum absolute atomic E-state index is 0.0836. The lowest BCUT2D eigenvalue weighted by Gasteiger charge is -2.16. The van der Waals surface area contributed by atoms with E-state index in [9.17, 15) is 9.59 Å². The highest BCUT2D eigenvalue weighted by atomic mass is 32.2. The molecule has 0 radical (unpaired) electrons. The molecule has 0 atom stereocenters. The van der Waals surface area contributed by atoms with E-state index < -0.39 is 0 Å². The van der Waals surface area contributed by atoms with Gasteiger partial charge in [-0.25, -0.2) is 0 Å². The number of thioether (sulfide) groups is 1. The number of para-hydroxylation sites is 2. The number of likely N-dealkylation sites (N-methyl/N-ethyl adjacent to an activating group) is 1. The number of anilines is 1. The van der Waals surface area contributed by atoms with Gasteiger partial charge >= 0.3 is 0 Å². The van der Waals surface area contributed by atoms with Crippen molar-refractivity contribution in [3.8, 4) is 5.69 Å². The fraction of sp³-hybridized carbons (Fsp3) is 0.158. The molecule has 1 heterocycles. The van der Waals surface area contributed by atoms with Crippen LogP contribution in [-0.4, -0.2) is 51.6 Å². The lowest BCUT2D eigenvalue weighted by Crippen LogP contribution is -2.35. The molecule has 0 saturated heterocycles. The molecule has 1 aromatic heterocycles. The summed E-state index contributed by atoms with van der Waals surface area (Å²) >= 11 is 1.54. The van der Waals surface area contributed by atoms with Crippen molar-refractivity contribution < 1.29 is 9.59 Å². The number of rotatable bonds is 6. The Balaban J connectivity index is 1.64. The predicted molar refractivity (Wildman–Crippen MR) is 105 cm³/mol. The van der Waals surface area contributed by atoms with E-state index in [2.05, 4.69) is 15.5 Å². The van der Waals surface area contributed by atoms with Gasteiger partial charge in [-0.05, 0) is 30.5 Å². The third-order valence-corrected chi connectivity index (χ3v) is 4.60. The zero-order valence-electron chi connectivity index (χ0n) is 15.0. The molecule has 2 amide bonds. The van der Waals surface area contributed by atoms with Crippen molar-refractivity contribution in [1.29, 1.82) is 0 Å². The Kier molecular flexibility index (Phi) is 5.87. The number of benzene rings is 2. The summed E-state index contributed by atoms with van der Waals surface area (Å²) in [7, 11) is 1.56. The van der Waals surface area contributed by atoms with Crippen LogP contribution in [0.5, 0.6) is 0 Å². The lowest BCUT2D eigenvalue weighted by molar-refractivity contribution is -0.116. The molecule has 0 fully saturated rings. The Hall–Kier alpha value is -3.13. The van der Waals surface area contributed by atoms with E-state index >= 15 is 0 Å². The zero-order chi connectivity index (χ0) is 19.2. The molecule has 0 saturated carbocycles. The monoisotopic (exact) mass is 381 g/mol. The average molecular weight is 381 g/mol. The van der Waals surface area contributed by atoms with Gasteiger partial charge in [0.2, 0.25) is 5.91 Å². The third kappa shape index (κ3) is 4.53. The molecule has 0 aliphatic carbocycles. The van der Waals surface area contributed by atoms with E-state index in [4.69, 9.17) is 0 Å². The van der Waals surface area contributed by atoms with Crippen molar-refractivity contribution in [1.82, 2.24) is 19.9 Å². The van der Waals surface area contributed by atoms with Gasteiger partial charge < -0.3 is 10.2 Å². The van der Waals surface area contributed by atoms with Gasteiger partial charge in [0.1, 0.15) is 0 Å². The van der Waals surface area contributed by atoms with Crippen LogP contribution in [0.1, 0.15) is 10.5 Å². The topological polar surface area (TPSA) is 80.1 Å². The van der Waals surface area contributed by atoms with E-state index in [0.29, 0.717) is 0 Å². The number of nitrogens with zero attached hydrogens (tertiary/aromatic N) is 4. The maximum absolute atomic E-state index is 12.5. The molecule has 0 spiro atoms. The number of nitrogens with one attached hydrogen (secondary N) is 1. The van der Waals surface area contributed by atoms with Crippen LogP contribution in [0.4, 0.5) is 5.69 Å². The van der Waals surface area contributed by atoms with Crippen LogP contribution in [0.3, 0.4) is 0 Å². The third-order valence-electron chi connectivity index (χ3n) is 3.81. The second kappa shape index (κ2) is 8.50. The number of carbonyl (C=O) groups excluding carboxylic acids is 2. The molecule has 3 aromatic rings. The highest BCUT2D eigenvalue weighted by molar-refractivity contribution is 7.98. The summed E-state index contributed by atoms with van der Waals surface area (Å²) in [6.07, 6.45) is 3.34. The van der Waals surface area contributed by atoms with Gasteiger partial charge in [-0.1, -0.05) is 30.3 Å². The Morgan fingerprint density at radius 3 is 2.56 bits per heavy atom. The van der Waals surface area contributed by atoms with Gasteiger partial charge in [-0.3, -0.25) is 9.59 Å². The highest BCUT2D eigenvalue weighted by Gasteiger charge is 2.19. The summed E-state index contributed by atoms with van der Waals surface area (Å²) in [6.45, 7) is -0.0836. The first-order valence-corrected chi connectivity index (χ1v) is 9.47. The Labute approximate surface area is 161 Å². The molecule has 1 N–H and O–H groups in total. The minimum Gasteiger partial charge on any atom is -0.331 e. The molecule has 2 aromatic carbocycles. The summed E-state index contributed by atoms with van der Waals surface area (Å²) in [5, 5.41) is 11.1. The molecule has 27 heavy (non-hydrogen) atoms. The Morgan fingerprint density at radius 2 is 1.81 bits per heavy atom. The summed E-state index contributed by atoms with van der Waals surface area (Å²) < 4.78 is 0. The van der Waals surface area contributed by atoms with Crippen molar-refractivity contribution in [2.24, 2.45) is 0 Å². The molecule has 7 nitrogen and oxygen atoms in total. The molecule has 0 aliphatic heterocycles. The summed E-state index contributed by atoms with van der Waals surface area (Å²) in [4.78, 5) is 28.5. The average Bonchev–Trinajstić information content (AvgIpc) is 3.18. The van der Waals surface area contributed by atoms with Gasteiger partial charge in [-0.2, -0.15) is 9.90 Å². The Bertz CT molecular complexity index is 942. The normalized spacial score (nSPS) is 10.4. The fourth-order valence-corrected chi connectivity index (χ4v) is 3.02. The molecule has 0 aliphatic rings. The van der Waals surface area contributed by atoms with Crippen LogP contribution in [0, 0.1) is 0 Å². The van der Waals surface area contributed by atoms with Gasteiger partial charge in [-0.15, -0.1) is 16.9 Å². The van der Waals surface area contributed by atoms with Crippen LogP contribution in [0.2, 0.25) is 0 Å². The summed E-state index contributed by atoms with van der Waals surface area (Å²) in [5.41, 5.74) is 1.66. The summed E-state index contributed by atoms with van der Waals surface area (Å²) in [5.74, 6) is -0.645. The number of hydrogen-bond donors (Lipinski definition) is 1. The van der Waals surface area contributed by atoms with E-state index in [0.717, 1.165) is 16.3 Å². The fourth-order valence-electron chi connectivity index (χ4n) is 2.47. The Morgan fingerprint density at radius 1 is 1.11 bits per heavy atom. The largest absolute Gasteiger partial charge is 0.331 e. The predicted octanol–water partition coefficient (Wildman–Crippen LogP) is 2.70. The molecule has 0 bridgehead atoms. The molecule has 0 unspecified atom stereocenters. The second-order valence-corrected chi connectivity index (χ2v) is 6.61. The van der Waals surface area contributed by atoms with Crippen LogP contribution in [0.25, 0.3) is 5.69 Å². The van der Waals surface area contributed by atoms with E-state index in [1.807, 2.05) is 60.9 Å². The summed E-state index contributed by atoms with van der Waals surface area (Å²) in [6, 6.07) is 16.8. The van der Waals surface area contributed by atoms with Gasteiger partial charge in [0, 0.05) is 11.9 Å². The van der Waals surface area contributed by atoms with E-state index in [-0.39, 0.29) is 24.1 Å². The van der Waals surface area contributed by atoms with Crippen molar-refractivity contribution in [3.05, 3.63) is 66.5 Å². The second-order valence-electron chi connectivity index (χ2n) is 5.76.